The maximum atomic E-state index is 5.39. The van der Waals surface area contributed by atoms with Gasteiger partial charge in [-0.15, -0.1) is 11.3 Å². The number of methoxy groups -OCH3 is 3. The molecule has 27 heavy (non-hydrogen) atoms. The summed E-state index contributed by atoms with van der Waals surface area (Å²) < 4.78 is 16.1. The molecule has 0 atom stereocenters. The van der Waals surface area contributed by atoms with Crippen molar-refractivity contribution in [3.05, 3.63) is 33.8 Å². The van der Waals surface area contributed by atoms with Crippen LogP contribution in [-0.2, 0) is 13.1 Å². The molecule has 0 bridgehead atoms. The first-order valence-electron chi connectivity index (χ1n) is 8.70. The summed E-state index contributed by atoms with van der Waals surface area (Å²) >= 11 is 1.66. The van der Waals surface area contributed by atoms with Gasteiger partial charge in [0.2, 0.25) is 5.75 Å². The van der Waals surface area contributed by atoms with E-state index >= 15 is 0 Å². The van der Waals surface area contributed by atoms with Crippen LogP contribution in [0.15, 0.2) is 22.5 Å². The van der Waals surface area contributed by atoms with Crippen LogP contribution in [-0.4, -0.2) is 39.3 Å². The van der Waals surface area contributed by atoms with Crippen molar-refractivity contribution in [1.82, 2.24) is 15.6 Å². The summed E-state index contributed by atoms with van der Waals surface area (Å²) in [6, 6.07) is 3.83. The number of aromatic nitrogens is 1. The first kappa shape index (κ1) is 20.8. The minimum Gasteiger partial charge on any atom is -0.493 e. The normalized spacial score (nSPS) is 11.4. The smallest absolute Gasteiger partial charge is 0.203 e. The lowest BCUT2D eigenvalue weighted by Crippen LogP contribution is -2.36. The molecule has 0 unspecified atom stereocenters. The van der Waals surface area contributed by atoms with E-state index in [0.717, 1.165) is 16.3 Å². The molecule has 2 rings (SSSR count). The Morgan fingerprint density at radius 1 is 1.07 bits per heavy atom. The largest absolute Gasteiger partial charge is 0.493 e. The molecule has 0 radical (unpaired) electrons. The van der Waals surface area contributed by atoms with Crippen molar-refractivity contribution in [1.29, 1.82) is 0 Å². The Kier molecular flexibility index (Phi) is 7.72. The molecule has 2 N–H and O–H groups in total. The fraction of sp³-hybridized carbons (Fsp3) is 0.474. The summed E-state index contributed by atoms with van der Waals surface area (Å²) in [5.74, 6) is 2.97. The van der Waals surface area contributed by atoms with E-state index in [-0.39, 0.29) is 0 Å². The average molecular weight is 393 g/mol. The molecule has 1 heterocycles. The van der Waals surface area contributed by atoms with Crippen LogP contribution in [0.25, 0.3) is 0 Å². The second-order valence-corrected chi connectivity index (χ2v) is 7.08. The highest BCUT2D eigenvalue weighted by molar-refractivity contribution is 7.09. The number of benzene rings is 1. The quantitative estimate of drug-likeness (QED) is 0.531. The van der Waals surface area contributed by atoms with E-state index in [1.54, 1.807) is 39.7 Å². The first-order chi connectivity index (χ1) is 13.0. The Morgan fingerprint density at radius 2 is 1.70 bits per heavy atom. The van der Waals surface area contributed by atoms with E-state index in [9.17, 15) is 0 Å². The fourth-order valence-corrected chi connectivity index (χ4v) is 3.37. The Morgan fingerprint density at radius 3 is 2.19 bits per heavy atom. The molecule has 0 aliphatic carbocycles. The zero-order chi connectivity index (χ0) is 19.8. The Balaban J connectivity index is 1.99. The summed E-state index contributed by atoms with van der Waals surface area (Å²) in [4.78, 5) is 8.89. The predicted molar refractivity (Wildman–Crippen MR) is 109 cm³/mol. The van der Waals surface area contributed by atoms with Gasteiger partial charge < -0.3 is 24.8 Å². The topological polar surface area (TPSA) is 77.0 Å². The SMILES string of the molecule is CN=C(NCc1cc(OC)c(OC)c(OC)c1)NCc1nc(C(C)C)cs1. The summed E-state index contributed by atoms with van der Waals surface area (Å²) in [5.41, 5.74) is 2.11. The number of nitrogens with one attached hydrogen (secondary N) is 2. The van der Waals surface area contributed by atoms with Gasteiger partial charge in [0.25, 0.3) is 0 Å². The van der Waals surface area contributed by atoms with Gasteiger partial charge in [0.1, 0.15) is 5.01 Å². The summed E-state index contributed by atoms with van der Waals surface area (Å²) in [6.07, 6.45) is 0. The standard InChI is InChI=1S/C19H28N4O3S/c1-12(2)14-11-27-17(23-14)10-22-19(20-3)21-9-13-7-15(24-4)18(26-6)16(8-13)25-5/h7-8,11-12H,9-10H2,1-6H3,(H2,20,21,22). The number of nitrogens with zero attached hydrogens (tertiary/aromatic N) is 2. The number of guanidine groups is 1. The van der Waals surface area contributed by atoms with Crippen molar-refractivity contribution in [3.63, 3.8) is 0 Å². The van der Waals surface area contributed by atoms with Crippen LogP contribution in [0, 0.1) is 0 Å². The molecule has 7 nitrogen and oxygen atoms in total. The molecule has 0 aliphatic rings. The van der Waals surface area contributed by atoms with Crippen LogP contribution in [0.4, 0.5) is 0 Å². The maximum Gasteiger partial charge on any atom is 0.203 e. The minimum atomic E-state index is 0.437. The molecule has 0 amide bonds. The van der Waals surface area contributed by atoms with Crippen LogP contribution in [0.2, 0.25) is 0 Å². The lowest BCUT2D eigenvalue weighted by atomic mass is 10.2. The van der Waals surface area contributed by atoms with E-state index in [4.69, 9.17) is 14.2 Å². The van der Waals surface area contributed by atoms with Gasteiger partial charge in [-0.2, -0.15) is 0 Å². The highest BCUT2D eigenvalue weighted by Gasteiger charge is 2.13. The van der Waals surface area contributed by atoms with Crippen molar-refractivity contribution in [3.8, 4) is 17.2 Å². The number of hydrogen-bond acceptors (Lipinski definition) is 6. The third-order valence-corrected chi connectivity index (χ3v) is 4.84. The fourth-order valence-electron chi connectivity index (χ4n) is 2.47. The molecule has 0 saturated carbocycles. The monoisotopic (exact) mass is 392 g/mol. The Hall–Kier alpha value is -2.48. The molecule has 8 heteroatoms. The third kappa shape index (κ3) is 5.50. The molecule has 148 valence electrons. The molecular formula is C19H28N4O3S. The van der Waals surface area contributed by atoms with Crippen molar-refractivity contribution >= 4 is 17.3 Å². The van der Waals surface area contributed by atoms with Gasteiger partial charge in [0.05, 0.1) is 33.6 Å². The molecule has 0 saturated heterocycles. The molecule has 0 spiro atoms. The summed E-state index contributed by atoms with van der Waals surface area (Å²) in [7, 11) is 6.54. The summed E-state index contributed by atoms with van der Waals surface area (Å²) in [6.45, 7) is 5.48. The van der Waals surface area contributed by atoms with Crippen molar-refractivity contribution < 1.29 is 14.2 Å². The number of hydrogen-bond donors (Lipinski definition) is 2. The van der Waals surface area contributed by atoms with Crippen LogP contribution >= 0.6 is 11.3 Å². The Bertz CT molecular complexity index is 749. The molecule has 0 fully saturated rings. The molecular weight excluding hydrogens is 364 g/mol. The van der Waals surface area contributed by atoms with E-state index in [1.165, 1.54) is 0 Å². The zero-order valence-electron chi connectivity index (χ0n) is 16.8. The Labute approximate surface area is 164 Å². The number of rotatable bonds is 8. The van der Waals surface area contributed by atoms with Gasteiger partial charge in [-0.05, 0) is 23.6 Å². The average Bonchev–Trinajstić information content (AvgIpc) is 3.16. The maximum absolute atomic E-state index is 5.39. The van der Waals surface area contributed by atoms with E-state index in [1.807, 2.05) is 12.1 Å². The van der Waals surface area contributed by atoms with Gasteiger partial charge in [0.15, 0.2) is 17.5 Å². The van der Waals surface area contributed by atoms with Gasteiger partial charge >= 0.3 is 0 Å². The minimum absolute atomic E-state index is 0.437. The predicted octanol–water partition coefficient (Wildman–Crippen LogP) is 3.16. The highest BCUT2D eigenvalue weighted by atomic mass is 32.1. The van der Waals surface area contributed by atoms with E-state index < -0.39 is 0 Å². The van der Waals surface area contributed by atoms with Crippen LogP contribution in [0.3, 0.4) is 0 Å². The summed E-state index contributed by atoms with van der Waals surface area (Å²) in [5, 5.41) is 9.72. The van der Waals surface area contributed by atoms with Gasteiger partial charge in [-0.1, -0.05) is 13.8 Å². The van der Waals surface area contributed by atoms with Gasteiger partial charge in [0, 0.05) is 19.0 Å². The van der Waals surface area contributed by atoms with Crippen LogP contribution in [0.1, 0.15) is 36.0 Å². The number of thiazole rings is 1. The van der Waals surface area contributed by atoms with Crippen molar-refractivity contribution in [2.24, 2.45) is 4.99 Å². The second-order valence-electron chi connectivity index (χ2n) is 6.13. The van der Waals surface area contributed by atoms with E-state index in [2.05, 4.69) is 39.8 Å². The molecule has 2 aromatic rings. The van der Waals surface area contributed by atoms with E-state index in [0.29, 0.717) is 42.2 Å². The second kappa shape index (κ2) is 10.0. The van der Waals surface area contributed by atoms with Crippen molar-refractivity contribution in [2.75, 3.05) is 28.4 Å². The number of ether oxygens (including phenoxy) is 3. The van der Waals surface area contributed by atoms with Crippen molar-refractivity contribution in [2.45, 2.75) is 32.9 Å². The molecule has 1 aromatic heterocycles. The number of aliphatic imine (C=N–C) groups is 1. The lowest BCUT2D eigenvalue weighted by molar-refractivity contribution is 0.323. The zero-order valence-corrected chi connectivity index (χ0v) is 17.6. The molecule has 1 aromatic carbocycles. The van der Waals surface area contributed by atoms with Crippen LogP contribution in [0.5, 0.6) is 17.2 Å². The first-order valence-corrected chi connectivity index (χ1v) is 9.58. The lowest BCUT2D eigenvalue weighted by Gasteiger charge is -2.15. The molecule has 0 aliphatic heterocycles. The van der Waals surface area contributed by atoms with Gasteiger partial charge in [-0.3, -0.25) is 4.99 Å². The highest BCUT2D eigenvalue weighted by Crippen LogP contribution is 2.38. The van der Waals surface area contributed by atoms with Crippen LogP contribution < -0.4 is 24.8 Å². The van der Waals surface area contributed by atoms with Gasteiger partial charge in [-0.25, -0.2) is 4.98 Å². The third-order valence-electron chi connectivity index (χ3n) is 3.98.